The van der Waals surface area contributed by atoms with Crippen LogP contribution in [0.1, 0.15) is 63.8 Å². The summed E-state index contributed by atoms with van der Waals surface area (Å²) in [4.78, 5) is 24.2. The molecule has 3 aromatic carbocycles. The van der Waals surface area contributed by atoms with Crippen LogP contribution in [0.2, 0.25) is 53.9 Å². The quantitative estimate of drug-likeness (QED) is 0.0144. The molecular formula is C52H69BrCl2N2O11S2Si2. The number of hydrogen-bond donors (Lipinski definition) is 0. The molecule has 0 aliphatic carbocycles. The second kappa shape index (κ2) is 24.4. The van der Waals surface area contributed by atoms with Crippen molar-refractivity contribution in [2.24, 2.45) is 0 Å². The van der Waals surface area contributed by atoms with Gasteiger partial charge in [0.2, 0.25) is 20.3 Å². The number of hydrogen-bond acceptors (Lipinski definition) is 14. The molecule has 20 heteroatoms. The van der Waals surface area contributed by atoms with Gasteiger partial charge in [0.1, 0.15) is 41.0 Å². The third-order valence-corrected chi connectivity index (χ3v) is 21.9. The van der Waals surface area contributed by atoms with Gasteiger partial charge in [0.25, 0.3) is 10.1 Å². The Kier molecular flexibility index (Phi) is 20.1. The Morgan fingerprint density at radius 2 is 1.54 bits per heavy atom. The van der Waals surface area contributed by atoms with E-state index in [1.54, 1.807) is 39.0 Å². The summed E-state index contributed by atoms with van der Waals surface area (Å²) in [5.41, 5.74) is 3.05. The van der Waals surface area contributed by atoms with E-state index in [1.807, 2.05) is 39.0 Å². The van der Waals surface area contributed by atoms with E-state index < -0.39 is 56.9 Å². The van der Waals surface area contributed by atoms with Crippen LogP contribution in [-0.4, -0.2) is 91.8 Å². The van der Waals surface area contributed by atoms with Crippen molar-refractivity contribution >= 4 is 93.2 Å². The van der Waals surface area contributed by atoms with Gasteiger partial charge in [-0.3, -0.25) is 4.18 Å². The van der Waals surface area contributed by atoms with Crippen molar-refractivity contribution in [3.63, 3.8) is 0 Å². The molecule has 0 N–H and O–H groups in total. The number of fused-ring (bicyclic) bond motifs is 1. The molecule has 0 aliphatic heterocycles. The molecule has 0 spiro atoms. The molecule has 394 valence electrons. The molecule has 0 bridgehead atoms. The molecule has 0 aliphatic rings. The summed E-state index contributed by atoms with van der Waals surface area (Å²) in [6.07, 6.45) is 0.740. The molecule has 0 saturated carbocycles. The maximum atomic E-state index is 14.4. The molecule has 72 heavy (non-hydrogen) atoms. The zero-order valence-electron chi connectivity index (χ0n) is 43.8. The SMILES string of the molecule is C=CCOC[C@H](COS(=O)(=O)c1ccc(C)cc1)Oc1c(Cl)c(C)c(-c2c(Br)sc3ncnc(OC(Cc4cc(O[Si](C)(C)C(C)(C)C)ccc4OCOCC[Si](C)(C)C)C(=O)OC(C)(C)C)c23)c(C)c1Cl. The standard InChI is InChI=1S/C52H69BrCl2N2O11S2Si2/c1-16-23-61-28-37(29-64-70(59,60)38-20-17-32(2)18-21-38)65-46-44(54)33(3)41(34(4)45(46)55)42-43-48(56-30-57-49(43)69-47(42)53)66-40(50(58)67-51(5,6)7)27-35-26-36(68-72(14,15)52(8,9)10)19-22-39(35)63-31-62-24-25-71(11,12)13/h16-22,26,30,37,40H,1,23-25,27-29,31H2,2-15H3/t37-,40?/m1/s1. The highest BCUT2D eigenvalue weighted by Crippen LogP contribution is 2.52. The van der Waals surface area contributed by atoms with Gasteiger partial charge in [-0.2, -0.15) is 8.42 Å². The lowest BCUT2D eigenvalue weighted by Gasteiger charge is -2.36. The van der Waals surface area contributed by atoms with Gasteiger partial charge in [-0.1, -0.05) is 87.4 Å². The molecule has 0 amide bonds. The lowest BCUT2D eigenvalue weighted by atomic mass is 9.95. The van der Waals surface area contributed by atoms with Crippen LogP contribution < -0.4 is 18.6 Å². The number of aromatic nitrogens is 2. The first-order valence-corrected chi connectivity index (χ1v) is 34.0. The van der Waals surface area contributed by atoms with Crippen LogP contribution in [0.3, 0.4) is 0 Å². The molecule has 13 nitrogen and oxygen atoms in total. The van der Waals surface area contributed by atoms with Crippen molar-refractivity contribution in [2.45, 2.75) is 135 Å². The van der Waals surface area contributed by atoms with Crippen LogP contribution in [0.15, 0.2) is 70.1 Å². The van der Waals surface area contributed by atoms with Crippen LogP contribution in [-0.2, 0) is 39.7 Å². The van der Waals surface area contributed by atoms with Gasteiger partial charge in [-0.15, -0.1) is 17.9 Å². The molecule has 5 rings (SSSR count). The van der Waals surface area contributed by atoms with Gasteiger partial charge in [0, 0.05) is 32.2 Å². The minimum atomic E-state index is -4.16. The fraction of sp³-hybridized carbons (Fsp3) is 0.481. The lowest BCUT2D eigenvalue weighted by molar-refractivity contribution is -0.163. The molecule has 2 aromatic heterocycles. The van der Waals surface area contributed by atoms with E-state index in [9.17, 15) is 13.2 Å². The number of esters is 1. The van der Waals surface area contributed by atoms with Gasteiger partial charge in [0.05, 0.1) is 37.3 Å². The maximum absolute atomic E-state index is 14.4. The predicted molar refractivity (Wildman–Crippen MR) is 298 cm³/mol. The monoisotopic (exact) mass is 1170 g/mol. The number of ether oxygens (including phenoxy) is 6. The second-order valence-corrected chi connectivity index (χ2v) is 36.3. The highest BCUT2D eigenvalue weighted by molar-refractivity contribution is 9.11. The number of nitrogens with zero attached hydrogens (tertiary/aromatic N) is 2. The molecule has 0 fully saturated rings. The van der Waals surface area contributed by atoms with E-state index in [-0.39, 0.29) is 58.0 Å². The summed E-state index contributed by atoms with van der Waals surface area (Å²) in [5.74, 6) is 0.730. The van der Waals surface area contributed by atoms with Crippen LogP contribution in [0, 0.1) is 20.8 Å². The number of benzene rings is 3. The molecule has 2 heterocycles. The van der Waals surface area contributed by atoms with Crippen LogP contribution in [0.5, 0.6) is 23.1 Å². The predicted octanol–water partition coefficient (Wildman–Crippen LogP) is 14.1. The fourth-order valence-electron chi connectivity index (χ4n) is 6.90. The van der Waals surface area contributed by atoms with Crippen molar-refractivity contribution in [1.82, 2.24) is 9.97 Å². The van der Waals surface area contributed by atoms with Crippen LogP contribution in [0.25, 0.3) is 21.3 Å². The number of thiophene rings is 1. The number of rotatable bonds is 24. The zero-order chi connectivity index (χ0) is 53.6. The molecular weight excluding hydrogens is 1100 g/mol. The van der Waals surface area contributed by atoms with Gasteiger partial charge in [0.15, 0.2) is 12.5 Å². The van der Waals surface area contributed by atoms with Crippen molar-refractivity contribution in [3.05, 3.63) is 97.5 Å². The summed E-state index contributed by atoms with van der Waals surface area (Å²) in [7, 11) is -7.79. The van der Waals surface area contributed by atoms with Gasteiger partial charge >= 0.3 is 5.97 Å². The average molecular weight is 1170 g/mol. The van der Waals surface area contributed by atoms with Gasteiger partial charge < -0.3 is 32.8 Å². The smallest absolute Gasteiger partial charge is 0.348 e. The number of halogens is 3. The van der Waals surface area contributed by atoms with Crippen molar-refractivity contribution in [1.29, 1.82) is 0 Å². The Morgan fingerprint density at radius 3 is 2.14 bits per heavy atom. The summed E-state index contributed by atoms with van der Waals surface area (Å²) in [6, 6.07) is 12.9. The third kappa shape index (κ3) is 15.7. The minimum Gasteiger partial charge on any atom is -0.543 e. The zero-order valence-corrected chi connectivity index (χ0v) is 50.6. The van der Waals surface area contributed by atoms with Gasteiger partial charge in [-0.25, -0.2) is 14.8 Å². The minimum absolute atomic E-state index is 0.00225. The van der Waals surface area contributed by atoms with E-state index >= 15 is 0 Å². The number of carbonyl (C=O) groups is 1. The Balaban J connectivity index is 1.57. The molecule has 1 unspecified atom stereocenters. The molecule has 5 aromatic rings. The second-order valence-electron chi connectivity index (χ2n) is 21.3. The molecule has 0 radical (unpaired) electrons. The molecule has 0 saturated heterocycles. The first-order valence-electron chi connectivity index (χ1n) is 23.6. The molecule has 2 atom stereocenters. The topological polar surface area (TPSA) is 151 Å². The number of carbonyl (C=O) groups excluding carboxylic acids is 1. The third-order valence-electron chi connectivity index (χ3n) is 11.8. The Bertz CT molecular complexity index is 2800. The van der Waals surface area contributed by atoms with Crippen molar-refractivity contribution in [3.8, 4) is 34.3 Å². The van der Waals surface area contributed by atoms with E-state index in [0.29, 0.717) is 59.9 Å². The van der Waals surface area contributed by atoms with Crippen molar-refractivity contribution in [2.75, 3.05) is 33.2 Å². The van der Waals surface area contributed by atoms with E-state index in [0.717, 1.165) is 11.6 Å². The van der Waals surface area contributed by atoms with Crippen LogP contribution >= 0.6 is 50.5 Å². The Labute approximate surface area is 450 Å². The summed E-state index contributed by atoms with van der Waals surface area (Å²) in [6.45, 7) is 32.6. The van der Waals surface area contributed by atoms with E-state index in [1.165, 1.54) is 29.8 Å². The highest BCUT2D eigenvalue weighted by atomic mass is 79.9. The first kappa shape index (κ1) is 59.3. The van der Waals surface area contributed by atoms with Crippen molar-refractivity contribution < 1.29 is 50.2 Å². The highest BCUT2D eigenvalue weighted by Gasteiger charge is 2.39. The number of aryl methyl sites for hydroxylation is 1. The fourth-order valence-corrected chi connectivity index (χ4v) is 11.9. The Hall–Kier alpha value is -3.57. The van der Waals surface area contributed by atoms with Crippen LogP contribution in [0.4, 0.5) is 0 Å². The largest absolute Gasteiger partial charge is 0.543 e. The van der Waals surface area contributed by atoms with E-state index in [2.05, 4.69) is 86.0 Å². The normalized spacial score (nSPS) is 13.5. The first-order chi connectivity index (χ1) is 33.4. The lowest BCUT2D eigenvalue weighted by Crippen LogP contribution is -2.43. The maximum Gasteiger partial charge on any atom is 0.348 e. The van der Waals surface area contributed by atoms with E-state index in [4.69, 9.17) is 60.2 Å². The summed E-state index contributed by atoms with van der Waals surface area (Å²) < 4.78 is 76.4. The summed E-state index contributed by atoms with van der Waals surface area (Å²) in [5, 5.41) is 0.723. The average Bonchev–Trinajstić information content (AvgIpc) is 3.61. The van der Waals surface area contributed by atoms with Gasteiger partial charge in [-0.05, 0) is 129 Å². The Morgan fingerprint density at radius 1 is 0.889 bits per heavy atom. The summed E-state index contributed by atoms with van der Waals surface area (Å²) >= 11 is 19.5.